The van der Waals surface area contributed by atoms with Gasteiger partial charge in [-0.25, -0.2) is 0 Å². The number of thioether (sulfide) groups is 1. The molecule has 2 amide bonds. The summed E-state index contributed by atoms with van der Waals surface area (Å²) in [6.45, 7) is 2.16. The number of aryl methyl sites for hydroxylation is 1. The summed E-state index contributed by atoms with van der Waals surface area (Å²) in [7, 11) is 1.63. The van der Waals surface area contributed by atoms with Gasteiger partial charge in [0.15, 0.2) is 0 Å². The van der Waals surface area contributed by atoms with Crippen LogP contribution in [-0.2, 0) is 14.3 Å². The van der Waals surface area contributed by atoms with Gasteiger partial charge in [-0.1, -0.05) is 17.7 Å². The molecule has 0 aliphatic carbocycles. The molecule has 0 bridgehead atoms. The zero-order valence-electron chi connectivity index (χ0n) is 12.6. The average molecular weight is 343 g/mol. The van der Waals surface area contributed by atoms with Gasteiger partial charge >= 0.3 is 11.8 Å². The van der Waals surface area contributed by atoms with Crippen molar-refractivity contribution < 1.29 is 14.3 Å². The Labute approximate surface area is 139 Å². The third kappa shape index (κ3) is 4.15. The van der Waals surface area contributed by atoms with E-state index in [-0.39, 0.29) is 5.60 Å². The number of nitrogens with one attached hydrogen (secondary N) is 2. The van der Waals surface area contributed by atoms with E-state index in [1.165, 1.54) is 0 Å². The van der Waals surface area contributed by atoms with Crippen molar-refractivity contribution in [1.29, 1.82) is 0 Å². The molecular formula is C15H19ClN2O3S. The third-order valence-corrected chi connectivity index (χ3v) is 5.18. The lowest BCUT2D eigenvalue weighted by molar-refractivity contribution is -0.136. The first kappa shape index (κ1) is 17.1. The summed E-state index contributed by atoms with van der Waals surface area (Å²) in [4.78, 5) is 23.9. The first-order chi connectivity index (χ1) is 10.5. The Morgan fingerprint density at radius 2 is 2.18 bits per heavy atom. The van der Waals surface area contributed by atoms with Crippen LogP contribution in [0.3, 0.4) is 0 Å². The van der Waals surface area contributed by atoms with Gasteiger partial charge in [0.1, 0.15) is 0 Å². The molecule has 1 saturated heterocycles. The normalized spacial score (nSPS) is 20.7. The topological polar surface area (TPSA) is 67.4 Å². The van der Waals surface area contributed by atoms with E-state index in [0.717, 1.165) is 23.5 Å². The van der Waals surface area contributed by atoms with E-state index in [1.54, 1.807) is 37.1 Å². The second kappa shape index (κ2) is 7.35. The monoisotopic (exact) mass is 342 g/mol. The molecule has 1 atom stereocenters. The molecule has 2 rings (SSSR count). The van der Waals surface area contributed by atoms with Crippen LogP contribution >= 0.6 is 23.4 Å². The molecule has 2 N–H and O–H groups in total. The summed E-state index contributed by atoms with van der Waals surface area (Å²) in [5, 5.41) is 5.73. The standard InChI is InChI=1S/C15H19ClN2O3S/c1-10-3-4-11(16)7-12(10)18-14(20)13(19)17-8-15(21-2)5-6-22-9-15/h3-4,7H,5-6,8-9H2,1-2H3,(H,17,19)(H,18,20)/t15-/m0/s1. The SMILES string of the molecule is CO[C@]1(CNC(=O)C(=O)Nc2cc(Cl)ccc2C)CCSC1. The molecule has 0 aromatic heterocycles. The van der Waals surface area contributed by atoms with Gasteiger partial charge in [0, 0.05) is 30.1 Å². The van der Waals surface area contributed by atoms with Crippen molar-refractivity contribution in [3.05, 3.63) is 28.8 Å². The number of hydrogen-bond acceptors (Lipinski definition) is 4. The van der Waals surface area contributed by atoms with Gasteiger partial charge < -0.3 is 15.4 Å². The van der Waals surface area contributed by atoms with E-state index in [1.807, 2.05) is 6.92 Å². The van der Waals surface area contributed by atoms with Crippen LogP contribution in [0.25, 0.3) is 0 Å². The first-order valence-corrected chi connectivity index (χ1v) is 8.47. The first-order valence-electron chi connectivity index (χ1n) is 6.94. The Bertz CT molecular complexity index is 574. The number of halogens is 1. The van der Waals surface area contributed by atoms with Gasteiger partial charge in [-0.15, -0.1) is 0 Å². The number of carbonyl (C=O) groups excluding carboxylic acids is 2. The lowest BCUT2D eigenvalue weighted by Crippen LogP contribution is -2.47. The molecule has 7 heteroatoms. The molecule has 0 spiro atoms. The number of anilines is 1. The summed E-state index contributed by atoms with van der Waals surface area (Å²) < 4.78 is 5.50. The van der Waals surface area contributed by atoms with E-state index >= 15 is 0 Å². The number of benzene rings is 1. The Balaban J connectivity index is 1.92. The molecule has 120 valence electrons. The molecule has 0 radical (unpaired) electrons. The molecule has 1 aromatic carbocycles. The Morgan fingerprint density at radius 1 is 1.41 bits per heavy atom. The van der Waals surface area contributed by atoms with Crippen molar-refractivity contribution in [1.82, 2.24) is 5.32 Å². The van der Waals surface area contributed by atoms with Crippen LogP contribution in [-0.4, -0.2) is 42.6 Å². The van der Waals surface area contributed by atoms with Crippen molar-refractivity contribution in [2.24, 2.45) is 0 Å². The minimum Gasteiger partial charge on any atom is -0.376 e. The molecule has 0 saturated carbocycles. The lowest BCUT2D eigenvalue weighted by Gasteiger charge is -2.26. The van der Waals surface area contributed by atoms with Crippen molar-refractivity contribution in [3.8, 4) is 0 Å². The molecule has 22 heavy (non-hydrogen) atoms. The highest BCUT2D eigenvalue weighted by Gasteiger charge is 2.35. The number of rotatable bonds is 4. The van der Waals surface area contributed by atoms with Crippen LogP contribution in [0.2, 0.25) is 5.02 Å². The van der Waals surface area contributed by atoms with E-state index in [9.17, 15) is 9.59 Å². The van der Waals surface area contributed by atoms with Gasteiger partial charge in [-0.2, -0.15) is 11.8 Å². The fourth-order valence-corrected chi connectivity index (χ4v) is 3.76. The van der Waals surface area contributed by atoms with Crippen LogP contribution < -0.4 is 10.6 Å². The highest BCUT2D eigenvalue weighted by molar-refractivity contribution is 7.99. The Kier molecular flexibility index (Phi) is 5.72. The molecular weight excluding hydrogens is 324 g/mol. The smallest absolute Gasteiger partial charge is 0.313 e. The minimum atomic E-state index is -0.706. The maximum atomic E-state index is 12.0. The van der Waals surface area contributed by atoms with Crippen molar-refractivity contribution in [3.63, 3.8) is 0 Å². The largest absolute Gasteiger partial charge is 0.376 e. The van der Waals surface area contributed by atoms with E-state index in [0.29, 0.717) is 17.3 Å². The fraction of sp³-hybridized carbons (Fsp3) is 0.467. The highest BCUT2D eigenvalue weighted by Crippen LogP contribution is 2.30. The molecule has 1 fully saturated rings. The molecule has 0 unspecified atom stereocenters. The zero-order valence-corrected chi connectivity index (χ0v) is 14.1. The highest BCUT2D eigenvalue weighted by atomic mass is 35.5. The van der Waals surface area contributed by atoms with E-state index in [2.05, 4.69) is 10.6 Å². The second-order valence-corrected chi connectivity index (χ2v) is 6.83. The predicted molar refractivity (Wildman–Crippen MR) is 89.5 cm³/mol. The van der Waals surface area contributed by atoms with Gasteiger partial charge in [-0.3, -0.25) is 9.59 Å². The van der Waals surface area contributed by atoms with Crippen LogP contribution in [0.4, 0.5) is 5.69 Å². The third-order valence-electron chi connectivity index (χ3n) is 3.73. The summed E-state index contributed by atoms with van der Waals surface area (Å²) >= 11 is 7.67. The van der Waals surface area contributed by atoms with Gasteiger partial charge in [-0.05, 0) is 36.8 Å². The van der Waals surface area contributed by atoms with Crippen molar-refractivity contribution in [2.45, 2.75) is 18.9 Å². The fourth-order valence-electron chi connectivity index (χ4n) is 2.19. The molecule has 1 aliphatic heterocycles. The van der Waals surface area contributed by atoms with E-state index < -0.39 is 11.8 Å². The number of ether oxygens (including phenoxy) is 1. The Hall–Kier alpha value is -1.24. The van der Waals surface area contributed by atoms with Crippen LogP contribution in [0.15, 0.2) is 18.2 Å². The average Bonchev–Trinajstić information content (AvgIpc) is 2.98. The number of carbonyl (C=O) groups is 2. The van der Waals surface area contributed by atoms with Crippen LogP contribution in [0.5, 0.6) is 0 Å². The van der Waals surface area contributed by atoms with Crippen LogP contribution in [0.1, 0.15) is 12.0 Å². The van der Waals surface area contributed by atoms with Gasteiger partial charge in [0.25, 0.3) is 0 Å². The van der Waals surface area contributed by atoms with Crippen molar-refractivity contribution >= 4 is 40.9 Å². The molecule has 1 heterocycles. The lowest BCUT2D eigenvalue weighted by atomic mass is 10.0. The van der Waals surface area contributed by atoms with Crippen molar-refractivity contribution in [2.75, 3.05) is 30.5 Å². The van der Waals surface area contributed by atoms with Crippen LogP contribution in [0, 0.1) is 6.92 Å². The molecule has 5 nitrogen and oxygen atoms in total. The predicted octanol–water partition coefficient (Wildman–Crippen LogP) is 2.23. The van der Waals surface area contributed by atoms with Gasteiger partial charge in [0.2, 0.25) is 0 Å². The summed E-state index contributed by atoms with van der Waals surface area (Å²) in [6, 6.07) is 5.13. The quantitative estimate of drug-likeness (QED) is 0.823. The van der Waals surface area contributed by atoms with Gasteiger partial charge in [0.05, 0.1) is 5.60 Å². The maximum Gasteiger partial charge on any atom is 0.313 e. The van der Waals surface area contributed by atoms with E-state index in [4.69, 9.17) is 16.3 Å². The number of methoxy groups -OCH3 is 1. The minimum absolute atomic E-state index is 0.331. The molecule has 1 aliphatic rings. The molecule has 1 aromatic rings. The summed E-state index contributed by atoms with van der Waals surface area (Å²) in [6.07, 6.45) is 0.865. The summed E-state index contributed by atoms with van der Waals surface area (Å²) in [5.74, 6) is 0.436. The number of amides is 2. The zero-order chi connectivity index (χ0) is 16.2. The Morgan fingerprint density at radius 3 is 2.82 bits per heavy atom. The number of hydrogen-bond donors (Lipinski definition) is 2. The second-order valence-electron chi connectivity index (χ2n) is 5.29. The summed E-state index contributed by atoms with van der Waals surface area (Å²) in [5.41, 5.74) is 1.00. The maximum absolute atomic E-state index is 12.0.